The van der Waals surface area contributed by atoms with Crippen molar-refractivity contribution in [2.24, 2.45) is 5.92 Å². The molecule has 0 radical (unpaired) electrons. The number of hydrogen-bond acceptors (Lipinski definition) is 2. The first-order valence-corrected chi connectivity index (χ1v) is 7.15. The maximum Gasteiger partial charge on any atom is 0.304 e. The van der Waals surface area contributed by atoms with E-state index in [1.807, 2.05) is 6.92 Å². The minimum atomic E-state index is -0.885. The summed E-state index contributed by atoms with van der Waals surface area (Å²) in [5.74, 6) is -1.31. The van der Waals surface area contributed by atoms with Gasteiger partial charge < -0.3 is 10.4 Å². The van der Waals surface area contributed by atoms with Crippen molar-refractivity contribution in [3.63, 3.8) is 0 Å². The molecule has 1 aliphatic rings. The molecule has 4 heteroatoms. The van der Waals surface area contributed by atoms with Crippen molar-refractivity contribution in [2.75, 3.05) is 0 Å². The van der Waals surface area contributed by atoms with Gasteiger partial charge in [-0.25, -0.2) is 0 Å². The molecule has 2 N–H and O–H groups in total. The number of carbonyl (C=O) groups excluding carboxylic acids is 1. The van der Waals surface area contributed by atoms with Crippen molar-refractivity contribution in [1.82, 2.24) is 5.32 Å². The zero-order chi connectivity index (χ0) is 13.4. The lowest BCUT2D eigenvalue weighted by molar-refractivity contribution is -0.141. The van der Waals surface area contributed by atoms with E-state index >= 15 is 0 Å². The molecule has 1 aliphatic carbocycles. The molecule has 1 rings (SSSR count). The van der Waals surface area contributed by atoms with Gasteiger partial charge in [0.25, 0.3) is 0 Å². The second-order valence-electron chi connectivity index (χ2n) is 5.28. The van der Waals surface area contributed by atoms with Crippen LogP contribution in [0.25, 0.3) is 0 Å². The summed E-state index contributed by atoms with van der Waals surface area (Å²) in [7, 11) is 0. The normalized spacial score (nSPS) is 18.9. The second-order valence-corrected chi connectivity index (χ2v) is 5.28. The quantitative estimate of drug-likeness (QED) is 0.717. The van der Waals surface area contributed by atoms with E-state index in [2.05, 4.69) is 5.32 Å². The van der Waals surface area contributed by atoms with Crippen LogP contribution in [0.5, 0.6) is 0 Å². The lowest BCUT2D eigenvalue weighted by Crippen LogP contribution is -2.39. The molecule has 1 saturated carbocycles. The Bertz CT molecular complexity index is 270. The molecule has 1 amide bonds. The maximum atomic E-state index is 12.1. The van der Waals surface area contributed by atoms with Crippen LogP contribution in [0.1, 0.15) is 64.7 Å². The highest BCUT2D eigenvalue weighted by Gasteiger charge is 2.23. The van der Waals surface area contributed by atoms with E-state index < -0.39 is 5.97 Å². The third-order valence-electron chi connectivity index (χ3n) is 3.63. The van der Waals surface area contributed by atoms with Crippen LogP contribution in [-0.2, 0) is 9.59 Å². The lowest BCUT2D eigenvalue weighted by Gasteiger charge is -2.20. The summed E-state index contributed by atoms with van der Waals surface area (Å²) in [6.07, 6.45) is 8.37. The van der Waals surface area contributed by atoms with E-state index in [4.69, 9.17) is 5.11 Å². The SMILES string of the molecule is CCCC(CC(=O)O)C(=O)NC1CCCCCC1. The van der Waals surface area contributed by atoms with Gasteiger partial charge in [0.1, 0.15) is 0 Å². The molecule has 1 unspecified atom stereocenters. The molecule has 0 saturated heterocycles. The zero-order valence-electron chi connectivity index (χ0n) is 11.3. The smallest absolute Gasteiger partial charge is 0.304 e. The zero-order valence-corrected chi connectivity index (χ0v) is 11.3. The summed E-state index contributed by atoms with van der Waals surface area (Å²) in [6, 6.07) is 0.258. The molecule has 1 atom stereocenters. The number of rotatable bonds is 6. The average Bonchev–Trinajstić information content (AvgIpc) is 2.56. The fraction of sp³-hybridized carbons (Fsp3) is 0.857. The highest BCUT2D eigenvalue weighted by molar-refractivity contribution is 5.83. The minimum Gasteiger partial charge on any atom is -0.481 e. The van der Waals surface area contributed by atoms with Crippen molar-refractivity contribution in [2.45, 2.75) is 70.8 Å². The number of carbonyl (C=O) groups is 2. The Morgan fingerprint density at radius 3 is 2.33 bits per heavy atom. The number of hydrogen-bond donors (Lipinski definition) is 2. The van der Waals surface area contributed by atoms with E-state index in [9.17, 15) is 9.59 Å². The molecule has 104 valence electrons. The van der Waals surface area contributed by atoms with Crippen LogP contribution in [0.15, 0.2) is 0 Å². The van der Waals surface area contributed by atoms with Gasteiger partial charge in [-0.2, -0.15) is 0 Å². The molecule has 0 aromatic carbocycles. The van der Waals surface area contributed by atoms with Crippen molar-refractivity contribution in [3.05, 3.63) is 0 Å². The van der Waals surface area contributed by atoms with Crippen molar-refractivity contribution in [1.29, 1.82) is 0 Å². The van der Waals surface area contributed by atoms with Crippen LogP contribution in [-0.4, -0.2) is 23.0 Å². The van der Waals surface area contributed by atoms with E-state index in [0.29, 0.717) is 6.42 Å². The molecule has 0 bridgehead atoms. The van der Waals surface area contributed by atoms with Crippen LogP contribution < -0.4 is 5.32 Å². The van der Waals surface area contributed by atoms with Gasteiger partial charge in [-0.05, 0) is 19.3 Å². The topological polar surface area (TPSA) is 66.4 Å². The molecule has 4 nitrogen and oxygen atoms in total. The molecule has 0 aromatic heterocycles. The Morgan fingerprint density at radius 2 is 1.83 bits per heavy atom. The number of aliphatic carboxylic acids is 1. The number of nitrogens with one attached hydrogen (secondary N) is 1. The van der Waals surface area contributed by atoms with Crippen molar-refractivity contribution < 1.29 is 14.7 Å². The Labute approximate surface area is 109 Å². The summed E-state index contributed by atoms with van der Waals surface area (Å²) in [5, 5.41) is 11.9. The average molecular weight is 255 g/mol. The molecule has 1 fully saturated rings. The third-order valence-corrected chi connectivity index (χ3v) is 3.63. The van der Waals surface area contributed by atoms with Gasteiger partial charge >= 0.3 is 5.97 Å². The Hall–Kier alpha value is -1.06. The Morgan fingerprint density at radius 1 is 1.22 bits per heavy atom. The fourth-order valence-corrected chi connectivity index (χ4v) is 2.63. The molecule has 18 heavy (non-hydrogen) atoms. The Balaban J connectivity index is 2.45. The van der Waals surface area contributed by atoms with Crippen LogP contribution in [0.4, 0.5) is 0 Å². The van der Waals surface area contributed by atoms with Gasteiger partial charge in [-0.15, -0.1) is 0 Å². The summed E-state index contributed by atoms with van der Waals surface area (Å²) in [6.45, 7) is 1.98. The summed E-state index contributed by atoms with van der Waals surface area (Å²) in [4.78, 5) is 22.8. The van der Waals surface area contributed by atoms with Gasteiger partial charge in [0.05, 0.1) is 6.42 Å². The highest BCUT2D eigenvalue weighted by Crippen LogP contribution is 2.19. The van der Waals surface area contributed by atoms with E-state index in [1.165, 1.54) is 25.7 Å². The monoisotopic (exact) mass is 255 g/mol. The molecule has 0 heterocycles. The number of carboxylic acids is 1. The second kappa shape index (κ2) is 8.11. The van der Waals surface area contributed by atoms with Crippen LogP contribution in [0, 0.1) is 5.92 Å². The van der Waals surface area contributed by atoms with Crippen molar-refractivity contribution in [3.8, 4) is 0 Å². The molecule has 0 aliphatic heterocycles. The Kier molecular flexibility index (Phi) is 6.76. The van der Waals surface area contributed by atoms with E-state index in [1.54, 1.807) is 0 Å². The number of carboxylic acid groups (broad SMARTS) is 1. The molecular weight excluding hydrogens is 230 g/mol. The van der Waals surface area contributed by atoms with Crippen LogP contribution >= 0.6 is 0 Å². The first-order valence-electron chi connectivity index (χ1n) is 7.15. The predicted octanol–water partition coefficient (Wildman–Crippen LogP) is 2.72. The van der Waals surface area contributed by atoms with Gasteiger partial charge in [-0.3, -0.25) is 9.59 Å². The largest absolute Gasteiger partial charge is 0.481 e. The van der Waals surface area contributed by atoms with Gasteiger partial charge in [-0.1, -0.05) is 39.0 Å². The van der Waals surface area contributed by atoms with E-state index in [0.717, 1.165) is 19.3 Å². The van der Waals surface area contributed by atoms with Crippen molar-refractivity contribution >= 4 is 11.9 Å². The van der Waals surface area contributed by atoms with Gasteiger partial charge in [0.15, 0.2) is 0 Å². The standard InChI is InChI=1S/C14H25NO3/c1-2-7-11(10-13(16)17)14(18)15-12-8-5-3-4-6-9-12/h11-12H,2-10H2,1H3,(H,15,18)(H,16,17). The first kappa shape index (κ1) is 15.0. The van der Waals surface area contributed by atoms with Crippen LogP contribution in [0.2, 0.25) is 0 Å². The molecular formula is C14H25NO3. The maximum absolute atomic E-state index is 12.1. The summed E-state index contributed by atoms with van der Waals surface area (Å²) in [5.41, 5.74) is 0. The van der Waals surface area contributed by atoms with Gasteiger partial charge in [0, 0.05) is 12.0 Å². The first-order chi connectivity index (χ1) is 8.63. The summed E-state index contributed by atoms with van der Waals surface area (Å²) < 4.78 is 0. The fourth-order valence-electron chi connectivity index (χ4n) is 2.63. The molecule has 0 spiro atoms. The summed E-state index contributed by atoms with van der Waals surface area (Å²) >= 11 is 0. The van der Waals surface area contributed by atoms with Crippen LogP contribution in [0.3, 0.4) is 0 Å². The highest BCUT2D eigenvalue weighted by atomic mass is 16.4. The number of amides is 1. The minimum absolute atomic E-state index is 0.0492. The van der Waals surface area contributed by atoms with E-state index in [-0.39, 0.29) is 24.3 Å². The molecule has 0 aromatic rings. The third kappa shape index (κ3) is 5.52. The lowest BCUT2D eigenvalue weighted by atomic mass is 9.97. The van der Waals surface area contributed by atoms with Gasteiger partial charge in [0.2, 0.25) is 5.91 Å². The predicted molar refractivity (Wildman–Crippen MR) is 70.3 cm³/mol.